The van der Waals surface area contributed by atoms with Gasteiger partial charge >= 0.3 is 0 Å². The lowest BCUT2D eigenvalue weighted by Crippen LogP contribution is -2.25. The molecule has 1 saturated carbocycles. The zero-order valence-electron chi connectivity index (χ0n) is 10.4. The molecule has 1 heterocycles. The minimum Gasteiger partial charge on any atom is -0.294 e. The molecule has 4 heteroatoms. The second-order valence-corrected chi connectivity index (χ2v) is 5.14. The van der Waals surface area contributed by atoms with Crippen molar-refractivity contribution in [3.63, 3.8) is 0 Å². The first-order valence-electron chi connectivity index (χ1n) is 6.36. The van der Waals surface area contributed by atoms with Crippen LogP contribution in [0.3, 0.4) is 0 Å². The van der Waals surface area contributed by atoms with Crippen LogP contribution >= 0.6 is 0 Å². The molecule has 0 aliphatic heterocycles. The first-order chi connectivity index (χ1) is 8.56. The zero-order chi connectivity index (χ0) is 13.1. The Balaban J connectivity index is 1.84. The third-order valence-corrected chi connectivity index (χ3v) is 3.64. The number of carbonyl (C=O) groups is 1. The van der Waals surface area contributed by atoms with Crippen LogP contribution in [-0.2, 0) is 0 Å². The van der Waals surface area contributed by atoms with Crippen LogP contribution in [0.25, 0.3) is 0 Å². The summed E-state index contributed by atoms with van der Waals surface area (Å²) in [5.41, 5.74) is 0.368. The van der Waals surface area contributed by atoms with E-state index >= 15 is 0 Å². The van der Waals surface area contributed by atoms with Crippen molar-refractivity contribution in [1.82, 2.24) is 4.98 Å². The molecule has 1 aromatic heterocycles. The second kappa shape index (κ2) is 5.55. The van der Waals surface area contributed by atoms with E-state index in [4.69, 9.17) is 0 Å². The van der Waals surface area contributed by atoms with Gasteiger partial charge in [0.05, 0.1) is 0 Å². The van der Waals surface area contributed by atoms with Crippen molar-refractivity contribution >= 4 is 5.78 Å². The van der Waals surface area contributed by atoms with Gasteiger partial charge in [-0.05, 0) is 37.7 Å². The fourth-order valence-corrected chi connectivity index (χ4v) is 2.35. The monoisotopic (exact) mass is 253 g/mol. The van der Waals surface area contributed by atoms with Crippen LogP contribution in [0, 0.1) is 17.8 Å². The number of alkyl halides is 1. The fraction of sp³-hybridized carbons (Fsp3) is 0.571. The SMILES string of the molecule is CC(CCC1CC(F)C1)C(=O)c1ccnc(F)c1. The van der Waals surface area contributed by atoms with Gasteiger partial charge in [0, 0.05) is 23.7 Å². The van der Waals surface area contributed by atoms with Gasteiger partial charge in [0.15, 0.2) is 5.78 Å². The van der Waals surface area contributed by atoms with E-state index in [1.807, 2.05) is 6.92 Å². The Hall–Kier alpha value is -1.32. The van der Waals surface area contributed by atoms with Crippen LogP contribution in [0.15, 0.2) is 18.3 Å². The van der Waals surface area contributed by atoms with E-state index in [0.717, 1.165) is 12.8 Å². The molecule has 0 N–H and O–H groups in total. The highest BCUT2D eigenvalue weighted by molar-refractivity contribution is 5.97. The molecule has 0 amide bonds. The lowest BCUT2D eigenvalue weighted by atomic mass is 9.78. The average Bonchev–Trinajstić information content (AvgIpc) is 2.32. The van der Waals surface area contributed by atoms with Gasteiger partial charge in [-0.2, -0.15) is 4.39 Å². The Morgan fingerprint density at radius 1 is 1.56 bits per heavy atom. The summed E-state index contributed by atoms with van der Waals surface area (Å²) in [5, 5.41) is 0. The molecular formula is C14H17F2NO. The Labute approximate surface area is 105 Å². The zero-order valence-corrected chi connectivity index (χ0v) is 10.4. The first kappa shape index (κ1) is 13.1. The fourth-order valence-electron chi connectivity index (χ4n) is 2.35. The van der Waals surface area contributed by atoms with Crippen molar-refractivity contribution < 1.29 is 13.6 Å². The molecule has 0 spiro atoms. The summed E-state index contributed by atoms with van der Waals surface area (Å²) in [6, 6.07) is 2.70. The van der Waals surface area contributed by atoms with Gasteiger partial charge in [-0.15, -0.1) is 0 Å². The lowest BCUT2D eigenvalue weighted by molar-refractivity contribution is 0.0889. The number of aromatic nitrogens is 1. The van der Waals surface area contributed by atoms with Crippen LogP contribution in [0.1, 0.15) is 43.0 Å². The van der Waals surface area contributed by atoms with Crippen LogP contribution in [-0.4, -0.2) is 16.9 Å². The molecule has 2 nitrogen and oxygen atoms in total. The van der Waals surface area contributed by atoms with Crippen molar-refractivity contribution in [2.45, 2.75) is 38.8 Å². The Morgan fingerprint density at radius 3 is 2.89 bits per heavy atom. The topological polar surface area (TPSA) is 30.0 Å². The number of pyridine rings is 1. The highest BCUT2D eigenvalue weighted by Gasteiger charge is 2.29. The predicted octanol–water partition coefficient (Wildman–Crippen LogP) is 3.57. The van der Waals surface area contributed by atoms with E-state index in [1.165, 1.54) is 18.3 Å². The van der Waals surface area contributed by atoms with Crippen LogP contribution in [0.2, 0.25) is 0 Å². The number of ketones is 1. The molecule has 0 bridgehead atoms. The van der Waals surface area contributed by atoms with E-state index in [0.29, 0.717) is 24.3 Å². The molecule has 1 aliphatic carbocycles. The molecule has 1 aliphatic rings. The molecule has 1 aromatic rings. The maximum atomic E-state index is 12.9. The highest BCUT2D eigenvalue weighted by Crippen LogP contribution is 2.34. The van der Waals surface area contributed by atoms with Crippen molar-refractivity contribution in [2.24, 2.45) is 11.8 Å². The standard InChI is InChI=1S/C14H17F2NO/c1-9(2-3-10-6-12(15)7-10)14(18)11-4-5-17-13(16)8-11/h4-5,8-10,12H,2-3,6-7H2,1H3. The number of carbonyl (C=O) groups excluding carboxylic acids is 1. The van der Waals surface area contributed by atoms with Gasteiger partial charge in [-0.1, -0.05) is 6.92 Å². The van der Waals surface area contributed by atoms with Gasteiger partial charge in [0.1, 0.15) is 6.17 Å². The minimum absolute atomic E-state index is 0.0626. The molecule has 0 saturated heterocycles. The Morgan fingerprint density at radius 2 is 2.28 bits per heavy atom. The molecule has 1 unspecified atom stereocenters. The van der Waals surface area contributed by atoms with Gasteiger partial charge in [0.25, 0.3) is 0 Å². The quantitative estimate of drug-likeness (QED) is 0.593. The summed E-state index contributed by atoms with van der Waals surface area (Å²) in [6.07, 6.45) is 3.53. The summed E-state index contributed by atoms with van der Waals surface area (Å²) >= 11 is 0. The third kappa shape index (κ3) is 3.12. The maximum Gasteiger partial charge on any atom is 0.213 e. The van der Waals surface area contributed by atoms with E-state index in [-0.39, 0.29) is 11.7 Å². The summed E-state index contributed by atoms with van der Waals surface area (Å²) in [4.78, 5) is 15.4. The number of hydrogen-bond acceptors (Lipinski definition) is 2. The number of rotatable bonds is 5. The van der Waals surface area contributed by atoms with Crippen molar-refractivity contribution in [1.29, 1.82) is 0 Å². The lowest BCUT2D eigenvalue weighted by Gasteiger charge is -2.30. The molecule has 2 rings (SSSR count). The summed E-state index contributed by atoms with van der Waals surface area (Å²) < 4.78 is 25.6. The van der Waals surface area contributed by atoms with Crippen LogP contribution in [0.4, 0.5) is 8.78 Å². The molecule has 1 fully saturated rings. The number of nitrogens with zero attached hydrogens (tertiary/aromatic N) is 1. The molecule has 0 radical (unpaired) electrons. The third-order valence-electron chi connectivity index (χ3n) is 3.64. The number of Topliss-reactive ketones (excluding diaryl/α,β-unsaturated/α-hetero) is 1. The molecule has 1 atom stereocenters. The van der Waals surface area contributed by atoms with Gasteiger partial charge in [-0.3, -0.25) is 4.79 Å². The van der Waals surface area contributed by atoms with E-state index < -0.39 is 12.1 Å². The normalized spacial score (nSPS) is 24.4. The summed E-state index contributed by atoms with van der Waals surface area (Å²) in [7, 11) is 0. The smallest absolute Gasteiger partial charge is 0.213 e. The van der Waals surface area contributed by atoms with Gasteiger partial charge in [-0.25, -0.2) is 9.37 Å². The number of halogens is 2. The Bertz CT molecular complexity index is 430. The van der Waals surface area contributed by atoms with Crippen molar-refractivity contribution in [3.05, 3.63) is 29.8 Å². The minimum atomic E-state index is -0.643. The predicted molar refractivity (Wildman–Crippen MR) is 64.5 cm³/mol. The van der Waals surface area contributed by atoms with E-state index in [9.17, 15) is 13.6 Å². The molecule has 98 valence electrons. The van der Waals surface area contributed by atoms with E-state index in [1.54, 1.807) is 0 Å². The van der Waals surface area contributed by atoms with Gasteiger partial charge < -0.3 is 0 Å². The van der Waals surface area contributed by atoms with Crippen molar-refractivity contribution in [3.8, 4) is 0 Å². The van der Waals surface area contributed by atoms with E-state index in [2.05, 4.69) is 4.98 Å². The maximum absolute atomic E-state index is 12.9. The molecule has 0 aromatic carbocycles. The highest BCUT2D eigenvalue weighted by atomic mass is 19.1. The average molecular weight is 253 g/mol. The largest absolute Gasteiger partial charge is 0.294 e. The van der Waals surface area contributed by atoms with Crippen molar-refractivity contribution in [2.75, 3.05) is 0 Å². The molecule has 18 heavy (non-hydrogen) atoms. The summed E-state index contributed by atoms with van der Waals surface area (Å²) in [6.45, 7) is 1.84. The van der Waals surface area contributed by atoms with Crippen LogP contribution in [0.5, 0.6) is 0 Å². The number of hydrogen-bond donors (Lipinski definition) is 0. The first-order valence-corrected chi connectivity index (χ1v) is 6.36. The van der Waals surface area contributed by atoms with Gasteiger partial charge in [0.2, 0.25) is 5.95 Å². The molecular weight excluding hydrogens is 236 g/mol. The van der Waals surface area contributed by atoms with Crippen LogP contribution < -0.4 is 0 Å². The second-order valence-electron chi connectivity index (χ2n) is 5.14. The Kier molecular flexibility index (Phi) is 4.04. The summed E-state index contributed by atoms with van der Waals surface area (Å²) in [5.74, 6) is -0.422.